The summed E-state index contributed by atoms with van der Waals surface area (Å²) in [4.78, 5) is 42.6. The summed E-state index contributed by atoms with van der Waals surface area (Å²) in [6.07, 6.45) is 3.62. The zero-order chi connectivity index (χ0) is 27.7. The molecule has 1 aliphatic carbocycles. The highest BCUT2D eigenvalue weighted by molar-refractivity contribution is 5.95. The predicted octanol–water partition coefficient (Wildman–Crippen LogP) is 1.80. The number of halogens is 3. The van der Waals surface area contributed by atoms with E-state index < -0.39 is 35.3 Å². The molecule has 2 aromatic heterocycles. The smallest absolute Gasteiger partial charge is 0.408 e. The van der Waals surface area contributed by atoms with E-state index in [1.165, 1.54) is 0 Å². The van der Waals surface area contributed by atoms with Crippen molar-refractivity contribution in [1.29, 1.82) is 0 Å². The number of amides is 2. The topological polar surface area (TPSA) is 162 Å². The van der Waals surface area contributed by atoms with Crippen molar-refractivity contribution in [3.05, 3.63) is 29.3 Å². The average molecular weight is 533 g/mol. The number of alkyl halides is 3. The van der Waals surface area contributed by atoms with Crippen LogP contribution in [0.5, 0.6) is 6.01 Å². The number of piperidine rings is 1. The Morgan fingerprint density at radius 3 is 2.50 bits per heavy atom. The van der Waals surface area contributed by atoms with Crippen molar-refractivity contribution in [3.8, 4) is 18.4 Å². The zero-order valence-electron chi connectivity index (χ0n) is 20.6. The lowest BCUT2D eigenvalue weighted by atomic mass is 9.93. The Kier molecular flexibility index (Phi) is 7.30. The van der Waals surface area contributed by atoms with Gasteiger partial charge in [0.25, 0.3) is 11.8 Å². The molecule has 5 N–H and O–H groups in total. The Balaban J connectivity index is 1.52. The molecule has 0 radical (unpaired) electrons. The molecular weight excluding hydrogens is 505 g/mol. The normalized spacial score (nSPS) is 17.8. The van der Waals surface area contributed by atoms with E-state index >= 15 is 0 Å². The van der Waals surface area contributed by atoms with E-state index in [0.29, 0.717) is 31.6 Å². The van der Waals surface area contributed by atoms with Gasteiger partial charge in [-0.25, -0.2) is 4.98 Å². The minimum Gasteiger partial charge on any atom is -0.462 e. The maximum Gasteiger partial charge on any atom is 0.408 e. The van der Waals surface area contributed by atoms with Gasteiger partial charge in [0.15, 0.2) is 5.69 Å². The quantitative estimate of drug-likeness (QED) is 0.430. The summed E-state index contributed by atoms with van der Waals surface area (Å²) in [6.45, 7) is 1.79. The van der Waals surface area contributed by atoms with E-state index in [9.17, 15) is 22.8 Å². The Hall–Kier alpha value is -4.15. The Labute approximate surface area is 216 Å². The van der Waals surface area contributed by atoms with E-state index in [4.69, 9.17) is 22.6 Å². The second-order valence-corrected chi connectivity index (χ2v) is 9.49. The van der Waals surface area contributed by atoms with Crippen LogP contribution in [-0.2, 0) is 0 Å². The molecule has 1 saturated heterocycles. The molecule has 1 aliphatic heterocycles. The summed E-state index contributed by atoms with van der Waals surface area (Å²) in [5.41, 5.74) is 11.6. The fourth-order valence-electron chi connectivity index (χ4n) is 3.97. The molecular formula is C24H27F3N8O3. The highest BCUT2D eigenvalue weighted by Gasteiger charge is 2.42. The molecule has 0 spiro atoms. The van der Waals surface area contributed by atoms with Gasteiger partial charge in [0.1, 0.15) is 12.6 Å². The highest BCUT2D eigenvalue weighted by Crippen LogP contribution is 2.44. The number of primary amides is 1. The number of rotatable bonds is 8. The van der Waals surface area contributed by atoms with E-state index in [1.807, 2.05) is 5.32 Å². The van der Waals surface area contributed by atoms with Gasteiger partial charge in [-0.3, -0.25) is 9.59 Å². The fourth-order valence-corrected chi connectivity index (χ4v) is 3.97. The number of nitrogens with one attached hydrogen (secondary N) is 1. The molecule has 2 aromatic rings. The number of ether oxygens (including phenoxy) is 1. The first-order valence-corrected chi connectivity index (χ1v) is 12.0. The number of carbonyl (C=O) groups is 2. The maximum absolute atomic E-state index is 13.0. The third kappa shape index (κ3) is 6.04. The molecule has 2 aliphatic rings. The second-order valence-electron chi connectivity index (χ2n) is 9.49. The molecule has 1 atom stereocenters. The highest BCUT2D eigenvalue weighted by atomic mass is 19.4. The number of nitrogens with two attached hydrogens (primary N) is 2. The Bertz CT molecular complexity index is 1270. The van der Waals surface area contributed by atoms with Crippen LogP contribution in [0.15, 0.2) is 12.1 Å². The summed E-state index contributed by atoms with van der Waals surface area (Å²) >= 11 is 0. The number of carbonyl (C=O) groups excluding carboxylic acids is 2. The van der Waals surface area contributed by atoms with Gasteiger partial charge >= 0.3 is 12.2 Å². The van der Waals surface area contributed by atoms with E-state index in [1.54, 1.807) is 17.0 Å². The van der Waals surface area contributed by atoms with Gasteiger partial charge in [-0.2, -0.15) is 28.1 Å². The minimum atomic E-state index is -4.64. The van der Waals surface area contributed by atoms with Crippen molar-refractivity contribution in [3.63, 3.8) is 0 Å². The molecule has 0 unspecified atom stereocenters. The van der Waals surface area contributed by atoms with Crippen LogP contribution in [-0.4, -0.2) is 63.7 Å². The Morgan fingerprint density at radius 1 is 1.24 bits per heavy atom. The molecule has 1 saturated carbocycles. The average Bonchev–Trinajstić information content (AvgIpc) is 3.67. The molecule has 2 amide bonds. The third-order valence-corrected chi connectivity index (χ3v) is 6.66. The number of aromatic nitrogens is 4. The number of anilines is 2. The standard InChI is InChI=1S/C24H27F3N8O3/c1-3-23(8-9-23)12-38-22-33-19(20(37)30-13(2)24(25,26)27)32-21(34-22)35-10-6-14(7-11-35)16-5-4-15(28)17(31-16)18(29)36/h1,4-5,13-14H,6-12,28H2,2H3,(H2,29,36)(H,30,37)/t13-/m0/s1. The van der Waals surface area contributed by atoms with E-state index in [0.717, 1.165) is 19.8 Å². The van der Waals surface area contributed by atoms with Crippen molar-refractivity contribution in [2.45, 2.75) is 50.7 Å². The number of nitrogens with zero attached hydrogens (tertiary/aromatic N) is 5. The van der Waals surface area contributed by atoms with Crippen molar-refractivity contribution in [2.75, 3.05) is 30.3 Å². The van der Waals surface area contributed by atoms with Crippen molar-refractivity contribution in [2.24, 2.45) is 11.1 Å². The summed E-state index contributed by atoms with van der Waals surface area (Å²) in [7, 11) is 0. The van der Waals surface area contributed by atoms with E-state index in [2.05, 4.69) is 25.9 Å². The number of nitrogen functional groups attached to an aromatic ring is 1. The lowest BCUT2D eigenvalue weighted by Gasteiger charge is -2.32. The molecule has 0 aromatic carbocycles. The largest absolute Gasteiger partial charge is 0.462 e. The van der Waals surface area contributed by atoms with Gasteiger partial charge in [-0.15, -0.1) is 6.42 Å². The minimum absolute atomic E-state index is 0.00771. The van der Waals surface area contributed by atoms with Gasteiger partial charge in [0, 0.05) is 24.7 Å². The van der Waals surface area contributed by atoms with Crippen LogP contribution in [0.25, 0.3) is 0 Å². The van der Waals surface area contributed by atoms with Gasteiger partial charge in [-0.05, 0) is 44.7 Å². The molecule has 3 heterocycles. The number of pyridine rings is 1. The number of hydrogen-bond acceptors (Lipinski definition) is 9. The molecule has 14 heteroatoms. The second kappa shape index (κ2) is 10.3. The molecule has 11 nitrogen and oxygen atoms in total. The van der Waals surface area contributed by atoms with Gasteiger partial charge in [0.05, 0.1) is 11.1 Å². The third-order valence-electron chi connectivity index (χ3n) is 6.66. The lowest BCUT2D eigenvalue weighted by Crippen LogP contribution is -2.44. The first-order valence-electron chi connectivity index (χ1n) is 12.0. The molecule has 202 valence electrons. The van der Waals surface area contributed by atoms with Crippen LogP contribution in [0, 0.1) is 17.8 Å². The van der Waals surface area contributed by atoms with Crippen molar-refractivity contribution >= 4 is 23.5 Å². The maximum atomic E-state index is 13.0. The van der Waals surface area contributed by atoms with Crippen LogP contribution in [0.2, 0.25) is 0 Å². The summed E-state index contributed by atoms with van der Waals surface area (Å²) in [5.74, 6) is 0.412. The lowest BCUT2D eigenvalue weighted by molar-refractivity contribution is -0.149. The summed E-state index contributed by atoms with van der Waals surface area (Å²) < 4.78 is 44.6. The summed E-state index contributed by atoms with van der Waals surface area (Å²) in [5, 5.41) is 1.86. The molecule has 2 fully saturated rings. The molecule has 0 bridgehead atoms. The fraction of sp³-hybridized carbons (Fsp3) is 0.500. The van der Waals surface area contributed by atoms with Crippen LogP contribution in [0.3, 0.4) is 0 Å². The van der Waals surface area contributed by atoms with Crippen LogP contribution >= 0.6 is 0 Å². The van der Waals surface area contributed by atoms with Crippen molar-refractivity contribution in [1.82, 2.24) is 25.3 Å². The first-order chi connectivity index (χ1) is 17.9. The first kappa shape index (κ1) is 26.9. The Morgan fingerprint density at radius 2 is 1.92 bits per heavy atom. The zero-order valence-corrected chi connectivity index (χ0v) is 20.6. The number of terminal acetylenes is 1. The predicted molar refractivity (Wildman–Crippen MR) is 130 cm³/mol. The van der Waals surface area contributed by atoms with Gasteiger partial charge < -0.3 is 26.4 Å². The van der Waals surface area contributed by atoms with Gasteiger partial charge in [0.2, 0.25) is 11.8 Å². The molecule has 4 rings (SSSR count). The SMILES string of the molecule is C#CC1(COc2nc(C(=O)N[C@@H](C)C(F)(F)F)nc(N3CCC(c4ccc(N)c(C(N)=O)n4)CC3)n2)CC1. The number of hydrogen-bond donors (Lipinski definition) is 3. The van der Waals surface area contributed by atoms with Crippen LogP contribution in [0.1, 0.15) is 65.3 Å². The van der Waals surface area contributed by atoms with E-state index in [-0.39, 0.29) is 35.9 Å². The molecule has 38 heavy (non-hydrogen) atoms. The van der Waals surface area contributed by atoms with Gasteiger partial charge in [-0.1, -0.05) is 5.92 Å². The monoisotopic (exact) mass is 532 g/mol. The van der Waals surface area contributed by atoms with Crippen LogP contribution < -0.4 is 26.4 Å². The van der Waals surface area contributed by atoms with Crippen LogP contribution in [0.4, 0.5) is 24.8 Å². The van der Waals surface area contributed by atoms with Crippen molar-refractivity contribution < 1.29 is 27.5 Å². The summed E-state index contributed by atoms with van der Waals surface area (Å²) in [6, 6.07) is 1.01.